The van der Waals surface area contributed by atoms with Crippen molar-refractivity contribution in [2.24, 2.45) is 0 Å². The summed E-state index contributed by atoms with van der Waals surface area (Å²) in [6.07, 6.45) is -3.24. The molecule has 2 aromatic carbocycles. The molecule has 0 aliphatic heterocycles. The highest BCUT2D eigenvalue weighted by Gasteiger charge is 2.31. The van der Waals surface area contributed by atoms with Gasteiger partial charge < -0.3 is 0 Å². The van der Waals surface area contributed by atoms with E-state index < -0.39 is 11.7 Å². The first-order valence-electron chi connectivity index (χ1n) is 6.91. The molecule has 1 aliphatic rings. The highest BCUT2D eigenvalue weighted by atomic mass is 19.4. The molecule has 116 valence electrons. The van der Waals surface area contributed by atoms with Gasteiger partial charge in [-0.25, -0.2) is 0 Å². The lowest BCUT2D eigenvalue weighted by atomic mass is 9.86. The second-order valence-corrected chi connectivity index (χ2v) is 5.28. The van der Waals surface area contributed by atoms with Gasteiger partial charge in [0.1, 0.15) is 0 Å². The molecule has 0 aromatic heterocycles. The molecule has 0 saturated carbocycles. The van der Waals surface area contributed by atoms with Crippen LogP contribution in [-0.2, 0) is 12.6 Å². The maximum atomic E-state index is 12.7. The summed E-state index contributed by atoms with van der Waals surface area (Å²) in [5.41, 5.74) is 0.387. The van der Waals surface area contributed by atoms with Crippen molar-refractivity contribution in [3.05, 3.63) is 82.4 Å². The van der Waals surface area contributed by atoms with E-state index in [1.165, 1.54) is 18.2 Å². The average Bonchev–Trinajstić information content (AvgIpc) is 2.52. The molecule has 2 aromatic rings. The molecule has 0 heterocycles. The van der Waals surface area contributed by atoms with Crippen LogP contribution in [0.3, 0.4) is 0 Å². The van der Waals surface area contributed by atoms with Crippen molar-refractivity contribution >= 4 is 11.6 Å². The van der Waals surface area contributed by atoms with Crippen LogP contribution in [0.4, 0.5) is 13.2 Å². The molecule has 23 heavy (non-hydrogen) atoms. The lowest BCUT2D eigenvalue weighted by Crippen LogP contribution is -2.18. The van der Waals surface area contributed by atoms with Crippen molar-refractivity contribution in [3.8, 4) is 0 Å². The van der Waals surface area contributed by atoms with Crippen LogP contribution in [0, 0.1) is 0 Å². The summed E-state index contributed by atoms with van der Waals surface area (Å²) >= 11 is 0. The second kappa shape index (κ2) is 5.50. The van der Waals surface area contributed by atoms with E-state index in [1.54, 1.807) is 24.3 Å². The highest BCUT2D eigenvalue weighted by Crippen LogP contribution is 2.30. The average molecular weight is 316 g/mol. The first kappa shape index (κ1) is 15.2. The number of fused-ring (bicyclic) bond motifs is 1. The first-order valence-corrected chi connectivity index (χ1v) is 6.91. The van der Waals surface area contributed by atoms with Crippen LogP contribution in [0.25, 0.3) is 0 Å². The van der Waals surface area contributed by atoms with E-state index in [4.69, 9.17) is 0 Å². The minimum Gasteiger partial charge on any atom is -0.289 e. The van der Waals surface area contributed by atoms with E-state index in [9.17, 15) is 22.8 Å². The number of rotatable bonds is 2. The highest BCUT2D eigenvalue weighted by molar-refractivity contribution is 6.24. The molecule has 0 radical (unpaired) electrons. The van der Waals surface area contributed by atoms with E-state index in [-0.39, 0.29) is 23.6 Å². The molecule has 0 saturated heterocycles. The normalized spacial score (nSPS) is 14.5. The third-order valence-corrected chi connectivity index (χ3v) is 3.68. The van der Waals surface area contributed by atoms with Crippen LogP contribution in [0.2, 0.25) is 0 Å². The molecule has 0 amide bonds. The van der Waals surface area contributed by atoms with Gasteiger partial charge in [0.15, 0.2) is 11.6 Å². The smallest absolute Gasteiger partial charge is 0.289 e. The fourth-order valence-corrected chi connectivity index (χ4v) is 2.58. The van der Waals surface area contributed by atoms with Crippen molar-refractivity contribution < 1.29 is 22.8 Å². The number of halogens is 3. The third kappa shape index (κ3) is 2.95. The molecule has 0 bridgehead atoms. The maximum absolute atomic E-state index is 12.7. The molecular formula is C18H11F3O2. The van der Waals surface area contributed by atoms with Gasteiger partial charge >= 0.3 is 6.18 Å². The maximum Gasteiger partial charge on any atom is 0.416 e. The fourth-order valence-electron chi connectivity index (χ4n) is 2.58. The fraction of sp³-hybridized carbons (Fsp3) is 0.111. The Morgan fingerprint density at radius 3 is 2.26 bits per heavy atom. The zero-order valence-corrected chi connectivity index (χ0v) is 11.9. The Morgan fingerprint density at radius 1 is 0.870 bits per heavy atom. The molecule has 0 spiro atoms. The summed E-state index contributed by atoms with van der Waals surface area (Å²) in [6, 6.07) is 11.2. The van der Waals surface area contributed by atoms with Gasteiger partial charge in [0.2, 0.25) is 0 Å². The number of carbonyl (C=O) groups excluding carboxylic acids is 2. The summed E-state index contributed by atoms with van der Waals surface area (Å²) in [4.78, 5) is 24.5. The number of alkyl halides is 3. The molecule has 1 aliphatic carbocycles. The molecule has 2 nitrogen and oxygen atoms in total. The van der Waals surface area contributed by atoms with Crippen molar-refractivity contribution in [2.45, 2.75) is 12.6 Å². The van der Waals surface area contributed by atoms with Gasteiger partial charge in [0.05, 0.1) is 5.56 Å². The van der Waals surface area contributed by atoms with Crippen molar-refractivity contribution in [1.82, 2.24) is 0 Å². The number of allylic oxidation sites excluding steroid dienone is 2. The van der Waals surface area contributed by atoms with Crippen LogP contribution in [-0.4, -0.2) is 11.6 Å². The van der Waals surface area contributed by atoms with Gasteiger partial charge in [-0.3, -0.25) is 9.59 Å². The van der Waals surface area contributed by atoms with Crippen molar-refractivity contribution in [3.63, 3.8) is 0 Å². The van der Waals surface area contributed by atoms with E-state index in [0.29, 0.717) is 16.7 Å². The Kier molecular flexibility index (Phi) is 3.64. The van der Waals surface area contributed by atoms with Crippen LogP contribution in [0.5, 0.6) is 0 Å². The third-order valence-electron chi connectivity index (χ3n) is 3.68. The number of Topliss-reactive ketones (excluding diaryl/α,β-unsaturated/α-hetero) is 1. The Labute approximate surface area is 130 Å². The topological polar surface area (TPSA) is 34.1 Å². The molecule has 3 rings (SSSR count). The number of benzene rings is 2. The Hall–Kier alpha value is -2.69. The SMILES string of the molecule is O=C1C=C(Cc2cccc(C(F)(F)F)c2)C(=O)c2ccccc21. The predicted octanol–water partition coefficient (Wildman–Crippen LogP) is 4.25. The zero-order valence-electron chi connectivity index (χ0n) is 11.9. The number of hydrogen-bond donors (Lipinski definition) is 0. The lowest BCUT2D eigenvalue weighted by Gasteiger charge is -2.15. The van der Waals surface area contributed by atoms with Crippen LogP contribution in [0.1, 0.15) is 31.8 Å². The minimum absolute atomic E-state index is 0.0111. The predicted molar refractivity (Wildman–Crippen MR) is 78.3 cm³/mol. The quantitative estimate of drug-likeness (QED) is 0.830. The van der Waals surface area contributed by atoms with E-state index in [1.807, 2.05) is 0 Å². The molecule has 0 atom stereocenters. The first-order chi connectivity index (χ1) is 10.9. The summed E-state index contributed by atoms with van der Waals surface area (Å²) < 4.78 is 38.2. The summed E-state index contributed by atoms with van der Waals surface area (Å²) in [7, 11) is 0. The number of hydrogen-bond acceptors (Lipinski definition) is 2. The minimum atomic E-state index is -4.44. The van der Waals surface area contributed by atoms with E-state index in [2.05, 4.69) is 0 Å². The molecule has 5 heteroatoms. The van der Waals surface area contributed by atoms with Gasteiger partial charge in [-0.15, -0.1) is 0 Å². The lowest BCUT2D eigenvalue weighted by molar-refractivity contribution is -0.137. The summed E-state index contributed by atoms with van der Waals surface area (Å²) in [5.74, 6) is -0.625. The standard InChI is InChI=1S/C18H11F3O2/c19-18(20,21)13-5-3-4-11(9-13)8-12-10-16(22)14-6-1-2-7-15(14)17(12)23/h1-7,9-10H,8H2. The van der Waals surface area contributed by atoms with Crippen LogP contribution >= 0.6 is 0 Å². The van der Waals surface area contributed by atoms with Gasteiger partial charge in [0.25, 0.3) is 0 Å². The Balaban J connectivity index is 1.93. The van der Waals surface area contributed by atoms with Crippen LogP contribution < -0.4 is 0 Å². The van der Waals surface area contributed by atoms with Gasteiger partial charge in [0, 0.05) is 23.1 Å². The van der Waals surface area contributed by atoms with E-state index >= 15 is 0 Å². The van der Waals surface area contributed by atoms with Gasteiger partial charge in [-0.1, -0.05) is 42.5 Å². The Bertz CT molecular complexity index is 832. The van der Waals surface area contributed by atoms with E-state index in [0.717, 1.165) is 12.1 Å². The zero-order chi connectivity index (χ0) is 16.6. The monoisotopic (exact) mass is 316 g/mol. The molecular weight excluding hydrogens is 305 g/mol. The second-order valence-electron chi connectivity index (χ2n) is 5.28. The molecule has 0 N–H and O–H groups in total. The molecule has 0 fully saturated rings. The number of ketones is 2. The Morgan fingerprint density at radius 2 is 1.57 bits per heavy atom. The number of carbonyl (C=O) groups is 2. The largest absolute Gasteiger partial charge is 0.416 e. The summed E-state index contributed by atoms with van der Waals surface area (Å²) in [6.45, 7) is 0. The van der Waals surface area contributed by atoms with Crippen molar-refractivity contribution in [1.29, 1.82) is 0 Å². The summed E-state index contributed by atoms with van der Waals surface area (Å²) in [5, 5.41) is 0. The van der Waals surface area contributed by atoms with Crippen molar-refractivity contribution in [2.75, 3.05) is 0 Å². The van der Waals surface area contributed by atoms with Gasteiger partial charge in [-0.2, -0.15) is 13.2 Å². The van der Waals surface area contributed by atoms with Gasteiger partial charge in [-0.05, 0) is 17.7 Å². The molecule has 0 unspecified atom stereocenters. The van der Waals surface area contributed by atoms with Crippen LogP contribution in [0.15, 0.2) is 60.2 Å².